The van der Waals surface area contributed by atoms with Crippen LogP contribution in [0.3, 0.4) is 0 Å². The van der Waals surface area contributed by atoms with E-state index in [1.54, 1.807) is 29.1 Å². The van der Waals surface area contributed by atoms with Gasteiger partial charge in [-0.05, 0) is 72.5 Å². The fourth-order valence-corrected chi connectivity index (χ4v) is 5.74. The van der Waals surface area contributed by atoms with Crippen molar-refractivity contribution in [3.8, 4) is 23.0 Å². The number of rotatable bonds is 7. The van der Waals surface area contributed by atoms with E-state index in [-0.39, 0.29) is 11.2 Å². The first-order valence-corrected chi connectivity index (χ1v) is 13.6. The molecule has 3 heterocycles. The molecule has 0 saturated heterocycles. The predicted molar refractivity (Wildman–Crippen MR) is 152 cm³/mol. The smallest absolute Gasteiger partial charge is 0.310 e. The van der Waals surface area contributed by atoms with Crippen molar-refractivity contribution in [2.24, 2.45) is 0 Å². The van der Waals surface area contributed by atoms with Crippen LogP contribution in [0.2, 0.25) is 0 Å². The number of H-pyrrole nitrogens is 2. The quantitative estimate of drug-likeness (QED) is 0.269. The summed E-state index contributed by atoms with van der Waals surface area (Å²) in [5.74, 6) is -0.493. The molecule has 10 nitrogen and oxygen atoms in total. The van der Waals surface area contributed by atoms with Gasteiger partial charge in [-0.2, -0.15) is 10.4 Å². The van der Waals surface area contributed by atoms with Gasteiger partial charge in [0.2, 0.25) is 0 Å². The summed E-state index contributed by atoms with van der Waals surface area (Å²) in [7, 11) is 0. The second-order valence-corrected chi connectivity index (χ2v) is 10.5. The molecule has 1 aliphatic rings. The van der Waals surface area contributed by atoms with Gasteiger partial charge in [0.05, 0.1) is 46.1 Å². The Morgan fingerprint density at radius 1 is 1.02 bits per heavy atom. The van der Waals surface area contributed by atoms with Crippen LogP contribution in [-0.2, 0) is 13.1 Å². The molecule has 0 aliphatic heterocycles. The number of imidazole rings is 1. The molecule has 1 fully saturated rings. The molecule has 0 spiro atoms. The van der Waals surface area contributed by atoms with Crippen molar-refractivity contribution in [3.63, 3.8) is 0 Å². The molecule has 41 heavy (non-hydrogen) atoms. The molecule has 1 aliphatic carbocycles. The van der Waals surface area contributed by atoms with E-state index < -0.39 is 5.82 Å². The summed E-state index contributed by atoms with van der Waals surface area (Å²) in [6.07, 6.45) is 6.54. The highest BCUT2D eigenvalue weighted by Gasteiger charge is 2.18. The SMILES string of the molecule is N#Cc1ccc(Cn2nccc2-c2cc(F)c3nnn(-c4ccc5[nH]c(=O)[nH]c5c4)c3c2)c(CNC2CCCC2)c1. The van der Waals surface area contributed by atoms with Crippen molar-refractivity contribution in [1.82, 2.24) is 40.1 Å². The number of hydrogen-bond acceptors (Lipinski definition) is 6. The standard InChI is InChI=1S/C30H26FN9O/c31-24-12-20(13-28-29(24)37-38-40(28)23-7-8-25-26(14-23)36-30(41)35-25)27-9-10-34-39(27)17-19-6-5-18(15-32)11-21(19)16-33-22-3-1-2-4-22/h5-14,22,33H,1-4,16-17H2,(H2,35,36,41). The lowest BCUT2D eigenvalue weighted by Gasteiger charge is -2.16. The zero-order valence-corrected chi connectivity index (χ0v) is 22.1. The normalized spacial score (nSPS) is 13.9. The zero-order valence-electron chi connectivity index (χ0n) is 22.1. The highest BCUT2D eigenvalue weighted by molar-refractivity contribution is 5.84. The van der Waals surface area contributed by atoms with E-state index in [9.17, 15) is 10.1 Å². The molecule has 0 unspecified atom stereocenters. The maximum atomic E-state index is 15.3. The summed E-state index contributed by atoms with van der Waals surface area (Å²) in [4.78, 5) is 17.2. The van der Waals surface area contributed by atoms with Crippen LogP contribution >= 0.6 is 0 Å². The Labute approximate surface area is 233 Å². The van der Waals surface area contributed by atoms with Gasteiger partial charge in [0.1, 0.15) is 5.52 Å². The number of nitrogens with one attached hydrogen (secondary N) is 3. The molecule has 3 aromatic carbocycles. The largest absolute Gasteiger partial charge is 0.323 e. The van der Waals surface area contributed by atoms with Gasteiger partial charge >= 0.3 is 5.69 Å². The summed E-state index contributed by atoms with van der Waals surface area (Å²) in [5.41, 5.74) is 6.34. The topological polar surface area (TPSA) is 133 Å². The first-order valence-electron chi connectivity index (χ1n) is 13.6. The Morgan fingerprint density at radius 2 is 1.88 bits per heavy atom. The monoisotopic (exact) mass is 547 g/mol. The van der Waals surface area contributed by atoms with Crippen molar-refractivity contribution >= 4 is 22.1 Å². The first kappa shape index (κ1) is 24.9. The van der Waals surface area contributed by atoms with Crippen LogP contribution in [0.15, 0.2) is 65.6 Å². The number of aromatic amines is 2. The van der Waals surface area contributed by atoms with E-state index in [1.165, 1.54) is 31.7 Å². The highest BCUT2D eigenvalue weighted by Crippen LogP contribution is 2.29. The number of hydrogen-bond donors (Lipinski definition) is 3. The Balaban J connectivity index is 1.24. The summed E-state index contributed by atoms with van der Waals surface area (Å²) >= 11 is 0. The molecule has 204 valence electrons. The maximum absolute atomic E-state index is 15.3. The minimum absolute atomic E-state index is 0.148. The summed E-state index contributed by atoms with van der Waals surface area (Å²) in [5, 5.41) is 26.0. The second-order valence-electron chi connectivity index (χ2n) is 10.5. The molecule has 1 saturated carbocycles. The van der Waals surface area contributed by atoms with Crippen molar-refractivity contribution < 1.29 is 4.39 Å². The third-order valence-corrected chi connectivity index (χ3v) is 7.85. The van der Waals surface area contributed by atoms with Crippen LogP contribution in [0.1, 0.15) is 42.4 Å². The Kier molecular flexibility index (Phi) is 6.17. The molecule has 11 heteroatoms. The van der Waals surface area contributed by atoms with Crippen molar-refractivity contribution in [2.45, 2.75) is 44.8 Å². The van der Waals surface area contributed by atoms with E-state index in [1.807, 2.05) is 35.0 Å². The van der Waals surface area contributed by atoms with Gasteiger partial charge in [-0.1, -0.05) is 24.1 Å². The minimum atomic E-state index is -0.493. The molecular formula is C30H26FN9O. The van der Waals surface area contributed by atoms with Gasteiger partial charge < -0.3 is 15.3 Å². The fraction of sp³-hybridized carbons (Fsp3) is 0.233. The van der Waals surface area contributed by atoms with Crippen LogP contribution in [0.4, 0.5) is 4.39 Å². The number of halogens is 1. The molecule has 7 rings (SSSR count). The number of fused-ring (bicyclic) bond motifs is 2. The minimum Gasteiger partial charge on any atom is -0.310 e. The predicted octanol–water partition coefficient (Wildman–Crippen LogP) is 4.54. The lowest BCUT2D eigenvalue weighted by atomic mass is 10.0. The molecule has 0 amide bonds. The van der Waals surface area contributed by atoms with E-state index >= 15 is 4.39 Å². The Hall–Kier alpha value is -5.08. The average Bonchev–Trinajstić information content (AvgIpc) is 3.78. The first-order chi connectivity index (χ1) is 20.1. The average molecular weight is 548 g/mol. The van der Waals surface area contributed by atoms with Gasteiger partial charge in [0.25, 0.3) is 0 Å². The van der Waals surface area contributed by atoms with E-state index in [4.69, 9.17) is 0 Å². The molecular weight excluding hydrogens is 521 g/mol. The fourth-order valence-electron chi connectivity index (χ4n) is 5.74. The van der Waals surface area contributed by atoms with Crippen molar-refractivity contribution in [2.75, 3.05) is 0 Å². The van der Waals surface area contributed by atoms with E-state index in [2.05, 4.69) is 36.8 Å². The van der Waals surface area contributed by atoms with Crippen LogP contribution in [0.25, 0.3) is 39.0 Å². The number of nitrogens with zero attached hydrogens (tertiary/aromatic N) is 6. The zero-order chi connectivity index (χ0) is 27.9. The summed E-state index contributed by atoms with van der Waals surface area (Å²) in [6.45, 7) is 1.14. The summed E-state index contributed by atoms with van der Waals surface area (Å²) < 4.78 is 18.7. The number of nitriles is 1. The molecule has 0 radical (unpaired) electrons. The van der Waals surface area contributed by atoms with E-state index in [0.717, 1.165) is 16.8 Å². The Bertz CT molecular complexity index is 2000. The maximum Gasteiger partial charge on any atom is 0.323 e. The van der Waals surface area contributed by atoms with Gasteiger partial charge in [0, 0.05) is 24.3 Å². The van der Waals surface area contributed by atoms with Crippen LogP contribution in [0.5, 0.6) is 0 Å². The second kappa shape index (κ2) is 10.1. The number of aromatic nitrogens is 7. The van der Waals surface area contributed by atoms with Gasteiger partial charge in [-0.3, -0.25) is 4.68 Å². The van der Waals surface area contributed by atoms with Crippen LogP contribution in [0, 0.1) is 17.1 Å². The molecule has 0 atom stereocenters. The molecule has 6 aromatic rings. The van der Waals surface area contributed by atoms with Crippen molar-refractivity contribution in [3.05, 3.63) is 93.8 Å². The van der Waals surface area contributed by atoms with Gasteiger partial charge in [-0.25, -0.2) is 13.9 Å². The number of benzene rings is 3. The van der Waals surface area contributed by atoms with Gasteiger partial charge in [0.15, 0.2) is 5.82 Å². The molecule has 3 aromatic heterocycles. The third kappa shape index (κ3) is 4.68. The lowest BCUT2D eigenvalue weighted by molar-refractivity contribution is 0.521. The van der Waals surface area contributed by atoms with Crippen molar-refractivity contribution in [1.29, 1.82) is 5.26 Å². The molecule has 0 bridgehead atoms. The van der Waals surface area contributed by atoms with Crippen LogP contribution in [-0.4, -0.2) is 40.8 Å². The highest BCUT2D eigenvalue weighted by atomic mass is 19.1. The van der Waals surface area contributed by atoms with E-state index in [0.29, 0.717) is 52.5 Å². The lowest BCUT2D eigenvalue weighted by Crippen LogP contribution is -2.26. The Morgan fingerprint density at radius 3 is 2.73 bits per heavy atom. The third-order valence-electron chi connectivity index (χ3n) is 7.85. The molecule has 3 N–H and O–H groups in total. The summed E-state index contributed by atoms with van der Waals surface area (Å²) in [6, 6.07) is 18.9. The van der Waals surface area contributed by atoms with Crippen LogP contribution < -0.4 is 11.0 Å². The van der Waals surface area contributed by atoms with Gasteiger partial charge in [-0.15, -0.1) is 5.10 Å².